The second-order valence-electron chi connectivity index (χ2n) is 6.78. The summed E-state index contributed by atoms with van der Waals surface area (Å²) in [5, 5.41) is 1.99. The number of carbonyl (C=O) groups excluding carboxylic acids is 2. The Morgan fingerprint density at radius 3 is 2.03 bits per heavy atom. The Labute approximate surface area is 183 Å². The van der Waals surface area contributed by atoms with E-state index >= 15 is 0 Å². The standard InChI is InChI=1S/C22H15F6N3O2/c23-21(24,25)16-10-8-14(9-11-16)13-31(18-17(22(26,27)28)7-4-12-29-18)20(33)30-19(32)15-5-2-1-3-6-15/h1-12H,13H2,(H,30,32,33). The first kappa shape index (κ1) is 23.8. The number of hydrogen-bond acceptors (Lipinski definition) is 3. The van der Waals surface area contributed by atoms with E-state index in [0.717, 1.165) is 36.5 Å². The van der Waals surface area contributed by atoms with Gasteiger partial charge in [0.2, 0.25) is 0 Å². The van der Waals surface area contributed by atoms with E-state index in [9.17, 15) is 35.9 Å². The highest BCUT2D eigenvalue weighted by atomic mass is 19.4. The summed E-state index contributed by atoms with van der Waals surface area (Å²) in [5.41, 5.74) is -2.05. The molecule has 0 radical (unpaired) electrons. The van der Waals surface area contributed by atoms with Crippen molar-refractivity contribution in [3.8, 4) is 0 Å². The lowest BCUT2D eigenvalue weighted by molar-refractivity contribution is -0.138. The van der Waals surface area contributed by atoms with Crippen molar-refractivity contribution in [2.24, 2.45) is 0 Å². The van der Waals surface area contributed by atoms with E-state index in [1.807, 2.05) is 5.32 Å². The summed E-state index contributed by atoms with van der Waals surface area (Å²) in [4.78, 5) is 29.4. The largest absolute Gasteiger partial charge is 0.419 e. The number of benzene rings is 2. The van der Waals surface area contributed by atoms with Crippen LogP contribution in [0.15, 0.2) is 72.9 Å². The molecule has 11 heteroatoms. The number of anilines is 1. The summed E-state index contributed by atoms with van der Waals surface area (Å²) >= 11 is 0. The molecule has 3 aromatic rings. The predicted molar refractivity (Wildman–Crippen MR) is 106 cm³/mol. The van der Waals surface area contributed by atoms with Crippen LogP contribution in [0.2, 0.25) is 0 Å². The number of halogens is 6. The zero-order valence-corrected chi connectivity index (χ0v) is 16.6. The van der Waals surface area contributed by atoms with Crippen molar-refractivity contribution >= 4 is 17.8 Å². The highest BCUT2D eigenvalue weighted by molar-refractivity contribution is 6.08. The van der Waals surface area contributed by atoms with E-state index in [2.05, 4.69) is 4.98 Å². The first-order valence-electron chi connectivity index (χ1n) is 9.33. The van der Waals surface area contributed by atoms with Crippen LogP contribution >= 0.6 is 0 Å². The lowest BCUT2D eigenvalue weighted by Gasteiger charge is -2.25. The van der Waals surface area contributed by atoms with Crippen molar-refractivity contribution in [2.75, 3.05) is 4.90 Å². The van der Waals surface area contributed by atoms with Gasteiger partial charge in [0.25, 0.3) is 5.91 Å². The number of hydrogen-bond donors (Lipinski definition) is 1. The van der Waals surface area contributed by atoms with E-state index in [4.69, 9.17) is 0 Å². The number of nitrogens with zero attached hydrogens (tertiary/aromatic N) is 2. The molecule has 0 spiro atoms. The van der Waals surface area contributed by atoms with Crippen molar-refractivity contribution < 1.29 is 35.9 Å². The van der Waals surface area contributed by atoms with E-state index in [1.165, 1.54) is 24.3 Å². The Bertz CT molecular complexity index is 1130. The summed E-state index contributed by atoms with van der Waals surface area (Å²) in [5.74, 6) is -1.68. The Balaban J connectivity index is 1.97. The van der Waals surface area contributed by atoms with Crippen LogP contribution in [0.3, 0.4) is 0 Å². The topological polar surface area (TPSA) is 62.3 Å². The lowest BCUT2D eigenvalue weighted by atomic mass is 10.1. The molecule has 0 saturated heterocycles. The van der Waals surface area contributed by atoms with Gasteiger partial charge in [0.15, 0.2) is 0 Å². The zero-order chi connectivity index (χ0) is 24.2. The predicted octanol–water partition coefficient (Wildman–Crippen LogP) is 5.68. The smallest absolute Gasteiger partial charge is 0.273 e. The molecule has 0 saturated carbocycles. The highest BCUT2D eigenvalue weighted by Crippen LogP contribution is 2.36. The Hall–Kier alpha value is -3.89. The number of carbonyl (C=O) groups is 2. The minimum Gasteiger partial charge on any atom is -0.273 e. The summed E-state index contributed by atoms with van der Waals surface area (Å²) in [6, 6.07) is 11.5. The maximum atomic E-state index is 13.5. The third-order valence-electron chi connectivity index (χ3n) is 4.47. The molecule has 0 aliphatic rings. The van der Waals surface area contributed by atoms with Crippen LogP contribution in [0.25, 0.3) is 0 Å². The van der Waals surface area contributed by atoms with Crippen molar-refractivity contribution in [3.05, 3.63) is 95.2 Å². The van der Waals surface area contributed by atoms with Crippen LogP contribution in [0.4, 0.5) is 37.0 Å². The number of rotatable bonds is 4. The summed E-state index contributed by atoms with van der Waals surface area (Å²) in [6.45, 7) is -0.577. The molecule has 0 unspecified atom stereocenters. The van der Waals surface area contributed by atoms with Crippen LogP contribution in [-0.4, -0.2) is 16.9 Å². The average Bonchev–Trinajstić information content (AvgIpc) is 2.77. The molecule has 3 rings (SSSR count). The van der Waals surface area contributed by atoms with E-state index in [-0.39, 0.29) is 11.1 Å². The molecule has 0 atom stereocenters. The molecule has 2 aromatic carbocycles. The van der Waals surface area contributed by atoms with Crippen LogP contribution in [0, 0.1) is 0 Å². The number of nitrogens with one attached hydrogen (secondary N) is 1. The van der Waals surface area contributed by atoms with Gasteiger partial charge in [-0.15, -0.1) is 0 Å². The summed E-state index contributed by atoms with van der Waals surface area (Å²) in [6.07, 6.45) is -8.47. The molecule has 1 aromatic heterocycles. The van der Waals surface area contributed by atoms with E-state index in [0.29, 0.717) is 11.0 Å². The molecule has 0 aliphatic carbocycles. The van der Waals surface area contributed by atoms with Crippen molar-refractivity contribution in [2.45, 2.75) is 18.9 Å². The maximum Gasteiger partial charge on any atom is 0.419 e. The van der Waals surface area contributed by atoms with E-state index < -0.39 is 47.8 Å². The Morgan fingerprint density at radius 2 is 1.45 bits per heavy atom. The zero-order valence-electron chi connectivity index (χ0n) is 16.6. The van der Waals surface area contributed by atoms with Gasteiger partial charge in [-0.2, -0.15) is 26.3 Å². The Kier molecular flexibility index (Phi) is 6.70. The number of alkyl halides is 6. The van der Waals surface area contributed by atoms with Crippen molar-refractivity contribution in [1.82, 2.24) is 10.3 Å². The summed E-state index contributed by atoms with van der Waals surface area (Å²) < 4.78 is 79.0. The van der Waals surface area contributed by atoms with Crippen LogP contribution in [-0.2, 0) is 18.9 Å². The SMILES string of the molecule is O=C(NC(=O)N(Cc1ccc(C(F)(F)F)cc1)c1ncccc1C(F)(F)F)c1ccccc1. The number of amides is 3. The van der Waals surface area contributed by atoms with Gasteiger partial charge in [0.1, 0.15) is 5.82 Å². The summed E-state index contributed by atoms with van der Waals surface area (Å²) in [7, 11) is 0. The molecule has 0 aliphatic heterocycles. The van der Waals surface area contributed by atoms with Gasteiger partial charge in [-0.25, -0.2) is 9.78 Å². The van der Waals surface area contributed by atoms with Crippen LogP contribution in [0.1, 0.15) is 27.0 Å². The lowest BCUT2D eigenvalue weighted by Crippen LogP contribution is -2.43. The van der Waals surface area contributed by atoms with Crippen molar-refractivity contribution in [3.63, 3.8) is 0 Å². The number of pyridine rings is 1. The van der Waals surface area contributed by atoms with Gasteiger partial charge in [-0.1, -0.05) is 30.3 Å². The van der Waals surface area contributed by atoms with Gasteiger partial charge in [-0.05, 0) is 42.0 Å². The average molecular weight is 467 g/mol. The molecule has 1 N–H and O–H groups in total. The van der Waals surface area contributed by atoms with Gasteiger partial charge in [0.05, 0.1) is 17.7 Å². The first-order chi connectivity index (χ1) is 15.5. The highest BCUT2D eigenvalue weighted by Gasteiger charge is 2.37. The van der Waals surface area contributed by atoms with Gasteiger partial charge in [-0.3, -0.25) is 15.0 Å². The maximum absolute atomic E-state index is 13.5. The number of imide groups is 1. The Morgan fingerprint density at radius 1 is 0.818 bits per heavy atom. The second-order valence-corrected chi connectivity index (χ2v) is 6.78. The second kappa shape index (κ2) is 9.31. The molecule has 33 heavy (non-hydrogen) atoms. The molecule has 172 valence electrons. The normalized spacial score (nSPS) is 11.7. The van der Waals surface area contributed by atoms with Crippen LogP contribution < -0.4 is 10.2 Å². The minimum atomic E-state index is -4.88. The quantitative estimate of drug-likeness (QED) is 0.503. The van der Waals surface area contributed by atoms with Gasteiger partial charge < -0.3 is 0 Å². The fourth-order valence-corrected chi connectivity index (χ4v) is 2.88. The fraction of sp³-hybridized carbons (Fsp3) is 0.136. The minimum absolute atomic E-state index is 0.0809. The number of urea groups is 1. The van der Waals surface area contributed by atoms with E-state index in [1.54, 1.807) is 6.07 Å². The third-order valence-corrected chi connectivity index (χ3v) is 4.47. The monoisotopic (exact) mass is 467 g/mol. The van der Waals surface area contributed by atoms with Crippen LogP contribution in [0.5, 0.6) is 0 Å². The molecule has 0 fully saturated rings. The van der Waals surface area contributed by atoms with Gasteiger partial charge in [0, 0.05) is 11.8 Å². The molecular formula is C22H15F6N3O2. The fourth-order valence-electron chi connectivity index (χ4n) is 2.88. The molecule has 1 heterocycles. The third kappa shape index (κ3) is 5.88. The number of aromatic nitrogens is 1. The molecule has 0 bridgehead atoms. The first-order valence-corrected chi connectivity index (χ1v) is 9.33. The molecule has 5 nitrogen and oxygen atoms in total. The van der Waals surface area contributed by atoms with Crippen molar-refractivity contribution in [1.29, 1.82) is 0 Å². The molecular weight excluding hydrogens is 452 g/mol. The van der Waals surface area contributed by atoms with Gasteiger partial charge >= 0.3 is 18.4 Å². The molecule has 3 amide bonds.